The fourth-order valence-corrected chi connectivity index (χ4v) is 0. The molecule has 6 heavy (non-hydrogen) atoms. The van der Waals surface area contributed by atoms with Crippen LogP contribution >= 0.6 is 0 Å². The van der Waals surface area contributed by atoms with E-state index in [9.17, 15) is 9.90 Å². The van der Waals surface area contributed by atoms with Crippen molar-refractivity contribution in [2.45, 2.75) is 0 Å². The summed E-state index contributed by atoms with van der Waals surface area (Å²) in [6.07, 6.45) is 0. The molecule has 30 valence electrons. The monoisotopic (exact) mass is 112 g/mol. The Morgan fingerprint density at radius 1 is 1.83 bits per heavy atom. The van der Waals surface area contributed by atoms with Crippen LogP contribution in [0.2, 0.25) is 0 Å². The van der Waals surface area contributed by atoms with E-state index in [1.54, 1.807) is 0 Å². The average Bonchev–Trinajstić information content (AvgIpc) is 1.38. The van der Waals surface area contributed by atoms with Crippen LogP contribution in [0, 0.1) is 0 Å². The van der Waals surface area contributed by atoms with E-state index >= 15 is 0 Å². The molecule has 0 N–H and O–H groups in total. The molecule has 0 atom stereocenters. The van der Waals surface area contributed by atoms with Gasteiger partial charge < -0.3 is 9.90 Å². The Morgan fingerprint density at radius 3 is 2.00 bits per heavy atom. The van der Waals surface area contributed by atoms with Crippen molar-refractivity contribution in [2.24, 2.45) is 0 Å². The number of carbonyl (C=O) groups excluding carboxylic acids is 1. The van der Waals surface area contributed by atoms with Crippen LogP contribution in [-0.4, -0.2) is 24.4 Å². The number of carbonyl (C=O) groups is 1. The number of hydrogen-bond donors (Lipinski definition) is 0. The molecule has 0 aliphatic carbocycles. The fraction of sp³-hybridized carbons (Fsp3) is 0. The summed E-state index contributed by atoms with van der Waals surface area (Å²) in [5.41, 5.74) is -0.795. The molecule has 0 saturated carbocycles. The van der Waals surface area contributed by atoms with Crippen LogP contribution in [0.1, 0.15) is 0 Å². The first-order valence-electron chi connectivity index (χ1n) is 1.47. The molecule has 0 spiro atoms. The van der Waals surface area contributed by atoms with Gasteiger partial charge in [0.25, 0.3) is 0 Å². The van der Waals surface area contributed by atoms with Crippen LogP contribution in [0.25, 0.3) is 0 Å². The SMILES string of the molecule is O=C([O-])[SiH2][SiH3].[Li+]. The number of hydrogen-bond acceptors (Lipinski definition) is 2. The largest absolute Gasteiger partial charge is 1.00 e. The van der Waals surface area contributed by atoms with E-state index in [1.807, 2.05) is 0 Å². The van der Waals surface area contributed by atoms with E-state index in [4.69, 9.17) is 0 Å². The maximum Gasteiger partial charge on any atom is 1.00 e. The van der Waals surface area contributed by atoms with Gasteiger partial charge in [-0.05, 0) is 9.76 Å². The molecule has 2 nitrogen and oxygen atoms in total. The molecule has 0 aromatic heterocycles. The van der Waals surface area contributed by atoms with Gasteiger partial charge in [-0.15, -0.1) is 0 Å². The van der Waals surface area contributed by atoms with Gasteiger partial charge in [-0.2, -0.15) is 0 Å². The Kier molecular flexibility index (Phi) is 8.90. The molecule has 0 heterocycles. The molecule has 0 bridgehead atoms. The Balaban J connectivity index is 0. The Bertz CT molecular complexity index is 46.8. The van der Waals surface area contributed by atoms with Gasteiger partial charge >= 0.3 is 18.9 Å². The van der Waals surface area contributed by atoms with Crippen molar-refractivity contribution in [3.63, 3.8) is 0 Å². The normalized spacial score (nSPS) is 8.67. The van der Waals surface area contributed by atoms with Crippen LogP contribution in [0.15, 0.2) is 0 Å². The molecular formula is CH5LiO2Si2. The first kappa shape index (κ1) is 9.71. The molecule has 0 amide bonds. The van der Waals surface area contributed by atoms with Crippen molar-refractivity contribution >= 4 is 24.4 Å². The predicted octanol–water partition coefficient (Wildman–Crippen LogP) is -6.22. The zero-order valence-corrected chi connectivity index (χ0v) is 7.44. The molecule has 0 saturated heterocycles. The van der Waals surface area contributed by atoms with Gasteiger partial charge in [-0.1, -0.05) is 0 Å². The molecule has 0 radical (unpaired) electrons. The van der Waals surface area contributed by atoms with Crippen molar-refractivity contribution in [3.8, 4) is 0 Å². The summed E-state index contributed by atoms with van der Waals surface area (Å²) in [6, 6.07) is 0. The maximum atomic E-state index is 9.35. The minimum absolute atomic E-state index is 0. The van der Waals surface area contributed by atoms with Gasteiger partial charge in [0.2, 0.25) is 0 Å². The standard InChI is InChI=1S/CH6O2Si2.Li/c2-1(3)5-4;/h5H2,4H3,(H,2,3);/q;+1/p-1. The van der Waals surface area contributed by atoms with Crippen molar-refractivity contribution in [2.75, 3.05) is 0 Å². The van der Waals surface area contributed by atoms with Crippen molar-refractivity contribution in [1.29, 1.82) is 0 Å². The van der Waals surface area contributed by atoms with Crippen molar-refractivity contribution in [1.82, 2.24) is 0 Å². The van der Waals surface area contributed by atoms with E-state index in [0.717, 1.165) is 9.76 Å². The van der Waals surface area contributed by atoms with Gasteiger partial charge in [0.05, 0.1) is 9.04 Å². The summed E-state index contributed by atoms with van der Waals surface area (Å²) in [5, 5.41) is 9.35. The molecule has 0 rings (SSSR count). The van der Waals surface area contributed by atoms with Crippen molar-refractivity contribution in [3.05, 3.63) is 0 Å². The third-order valence-electron chi connectivity index (χ3n) is 0.289. The van der Waals surface area contributed by atoms with Crippen LogP contribution in [0.4, 0.5) is 4.79 Å². The third kappa shape index (κ3) is 8.82. The molecular weight excluding hydrogens is 107 g/mol. The van der Waals surface area contributed by atoms with Gasteiger partial charge in [-0.25, -0.2) is 0 Å². The first-order valence-corrected chi connectivity index (χ1v) is 7.83. The second-order valence-electron chi connectivity index (χ2n) is 0.726. The van der Waals surface area contributed by atoms with Crippen LogP contribution in [0.5, 0.6) is 0 Å². The minimum atomic E-state index is -0.795. The summed E-state index contributed by atoms with van der Waals surface area (Å²) >= 11 is 0. The second-order valence-corrected chi connectivity index (χ2v) is 4.13. The fourth-order valence-electron chi connectivity index (χ4n) is 0. The molecule has 0 aliphatic heterocycles. The predicted molar refractivity (Wildman–Crippen MR) is 23.9 cm³/mol. The Labute approximate surface area is 53.5 Å². The molecule has 5 heteroatoms. The molecule has 0 aromatic carbocycles. The third-order valence-corrected chi connectivity index (χ3v) is 2.60. The van der Waals surface area contributed by atoms with Crippen LogP contribution in [0.3, 0.4) is 0 Å². The molecule has 0 unspecified atom stereocenters. The van der Waals surface area contributed by atoms with E-state index in [1.165, 1.54) is 0 Å². The van der Waals surface area contributed by atoms with Gasteiger partial charge in [-0.3, -0.25) is 0 Å². The second kappa shape index (κ2) is 5.50. The van der Waals surface area contributed by atoms with E-state index in [-0.39, 0.29) is 18.9 Å². The average molecular weight is 112 g/mol. The molecule has 0 aromatic rings. The zero-order valence-electron chi connectivity index (χ0n) is 4.02. The maximum absolute atomic E-state index is 9.35. The molecule has 0 aliphatic rings. The van der Waals surface area contributed by atoms with Crippen LogP contribution in [-0.2, 0) is 0 Å². The van der Waals surface area contributed by atoms with Gasteiger partial charge in [0.1, 0.15) is 0 Å². The molecule has 0 fully saturated rings. The zero-order chi connectivity index (χ0) is 4.28. The summed E-state index contributed by atoms with van der Waals surface area (Å²) in [4.78, 5) is 9.35. The summed E-state index contributed by atoms with van der Waals surface area (Å²) in [6.45, 7) is 0. The van der Waals surface area contributed by atoms with Crippen LogP contribution < -0.4 is 24.0 Å². The summed E-state index contributed by atoms with van der Waals surface area (Å²) in [5.74, 6) is 0. The smallest absolute Gasteiger partial charge is 0.556 e. The van der Waals surface area contributed by atoms with Crippen molar-refractivity contribution < 1.29 is 28.8 Å². The minimum Gasteiger partial charge on any atom is -0.556 e. The number of rotatable bonds is 1. The summed E-state index contributed by atoms with van der Waals surface area (Å²) < 4.78 is 0. The Hall–Kier alpha value is 0.501. The van der Waals surface area contributed by atoms with E-state index in [2.05, 4.69) is 0 Å². The quantitative estimate of drug-likeness (QED) is 0.317. The van der Waals surface area contributed by atoms with E-state index < -0.39 is 14.6 Å². The number of carboxylic acid groups (broad SMARTS) is 1. The Morgan fingerprint density at radius 2 is 2.00 bits per heavy atom. The van der Waals surface area contributed by atoms with Gasteiger partial charge in [0.15, 0.2) is 0 Å². The topological polar surface area (TPSA) is 40.1 Å². The van der Waals surface area contributed by atoms with Gasteiger partial charge in [0, 0.05) is 5.59 Å². The van der Waals surface area contributed by atoms with E-state index in [0.29, 0.717) is 0 Å². The first-order chi connectivity index (χ1) is 2.27. The summed E-state index contributed by atoms with van der Waals surface area (Å²) in [7, 11) is 0.144.